The Kier molecular flexibility index (Phi) is 8.43. The number of hydrogen-bond donors (Lipinski definition) is 1. The van der Waals surface area contributed by atoms with Crippen LogP contribution in [0.2, 0.25) is 0 Å². The van der Waals surface area contributed by atoms with E-state index in [1.807, 2.05) is 30.3 Å². The number of rotatable bonds is 11. The lowest BCUT2D eigenvalue weighted by atomic mass is 10.0. The summed E-state index contributed by atoms with van der Waals surface area (Å²) in [6.07, 6.45) is 9.72. The minimum absolute atomic E-state index is 0.00832. The summed E-state index contributed by atoms with van der Waals surface area (Å²) >= 11 is 0. The molecule has 0 atom stereocenters. The fourth-order valence-corrected chi connectivity index (χ4v) is 3.80. The van der Waals surface area contributed by atoms with E-state index in [-0.39, 0.29) is 5.91 Å². The average Bonchev–Trinajstić information content (AvgIpc) is 2.80. The molecular formula is C27H34N2O. The number of nitrogens with one attached hydrogen (secondary N) is 1. The van der Waals surface area contributed by atoms with E-state index in [0.29, 0.717) is 5.56 Å². The van der Waals surface area contributed by atoms with Gasteiger partial charge in [0, 0.05) is 17.5 Å². The summed E-state index contributed by atoms with van der Waals surface area (Å²) in [5, 5.41) is 4.03. The van der Waals surface area contributed by atoms with Crippen molar-refractivity contribution in [1.29, 1.82) is 0 Å². The van der Waals surface area contributed by atoms with Crippen LogP contribution in [-0.4, -0.2) is 17.4 Å². The molecule has 1 heterocycles. The molecule has 0 aliphatic heterocycles. The van der Waals surface area contributed by atoms with Gasteiger partial charge in [0.05, 0.1) is 16.8 Å². The topological polar surface area (TPSA) is 42.0 Å². The highest BCUT2D eigenvalue weighted by molar-refractivity contribution is 6.07. The number of nitrogens with zero attached hydrogens (tertiary/aromatic N) is 1. The number of hydrogen-bond acceptors (Lipinski definition) is 2. The Morgan fingerprint density at radius 2 is 1.57 bits per heavy atom. The molecule has 0 aliphatic carbocycles. The summed E-state index contributed by atoms with van der Waals surface area (Å²) < 4.78 is 0. The minimum atomic E-state index is -0.00832. The molecule has 0 unspecified atom stereocenters. The maximum Gasteiger partial charge on any atom is 0.252 e. The van der Waals surface area contributed by atoms with Gasteiger partial charge < -0.3 is 5.32 Å². The summed E-state index contributed by atoms with van der Waals surface area (Å²) in [6.45, 7) is 5.12. The first-order valence-electron chi connectivity index (χ1n) is 11.5. The molecule has 0 fully saturated rings. The Hall–Kier alpha value is -2.68. The van der Waals surface area contributed by atoms with E-state index in [2.05, 4.69) is 43.4 Å². The molecule has 30 heavy (non-hydrogen) atoms. The van der Waals surface area contributed by atoms with Crippen LogP contribution in [0.4, 0.5) is 0 Å². The molecule has 0 saturated heterocycles. The van der Waals surface area contributed by atoms with Crippen molar-refractivity contribution < 1.29 is 4.79 Å². The smallest absolute Gasteiger partial charge is 0.252 e. The van der Waals surface area contributed by atoms with Crippen LogP contribution in [0.1, 0.15) is 74.7 Å². The molecule has 0 radical (unpaired) electrons. The number of benzene rings is 2. The number of amides is 1. The Bertz CT molecular complexity index is 947. The largest absolute Gasteiger partial charge is 0.352 e. The van der Waals surface area contributed by atoms with Gasteiger partial charge in [-0.3, -0.25) is 4.79 Å². The van der Waals surface area contributed by atoms with Crippen molar-refractivity contribution in [2.24, 2.45) is 0 Å². The minimum Gasteiger partial charge on any atom is -0.352 e. The molecule has 3 heteroatoms. The van der Waals surface area contributed by atoms with Crippen molar-refractivity contribution in [2.45, 2.75) is 65.2 Å². The number of pyridine rings is 1. The van der Waals surface area contributed by atoms with Crippen LogP contribution >= 0.6 is 0 Å². The third kappa shape index (κ3) is 5.91. The van der Waals surface area contributed by atoms with E-state index >= 15 is 0 Å². The van der Waals surface area contributed by atoms with Crippen molar-refractivity contribution in [3.63, 3.8) is 0 Å². The number of para-hydroxylation sites is 1. The first-order chi connectivity index (χ1) is 14.7. The van der Waals surface area contributed by atoms with Gasteiger partial charge in [0.1, 0.15) is 0 Å². The Morgan fingerprint density at radius 1 is 0.867 bits per heavy atom. The molecule has 3 nitrogen and oxygen atoms in total. The normalized spacial score (nSPS) is 11.0. The third-order valence-electron chi connectivity index (χ3n) is 5.68. The molecule has 0 spiro atoms. The highest BCUT2D eigenvalue weighted by Crippen LogP contribution is 2.25. The van der Waals surface area contributed by atoms with Crippen molar-refractivity contribution in [1.82, 2.24) is 10.3 Å². The van der Waals surface area contributed by atoms with Crippen molar-refractivity contribution in [3.05, 3.63) is 65.7 Å². The molecule has 2 aromatic carbocycles. The van der Waals surface area contributed by atoms with Gasteiger partial charge in [-0.05, 0) is 30.5 Å². The standard InChI is InChI=1S/C27H34N2O/c1-3-5-6-7-8-9-12-19-28-27(30)24-20-26(22-17-15-21(4-2)16-18-22)29-25-14-11-10-13-23(24)25/h10-11,13-18,20H,3-9,12,19H2,1-2H3,(H,28,30). The van der Waals surface area contributed by atoms with E-state index in [4.69, 9.17) is 4.98 Å². The van der Waals surface area contributed by atoms with Gasteiger partial charge in [0.15, 0.2) is 0 Å². The molecule has 0 saturated carbocycles. The average molecular weight is 403 g/mol. The third-order valence-corrected chi connectivity index (χ3v) is 5.68. The van der Waals surface area contributed by atoms with Crippen LogP contribution in [0, 0.1) is 0 Å². The lowest BCUT2D eigenvalue weighted by Crippen LogP contribution is -2.24. The van der Waals surface area contributed by atoms with Gasteiger partial charge in [-0.1, -0.05) is 94.8 Å². The van der Waals surface area contributed by atoms with Crippen LogP contribution in [0.5, 0.6) is 0 Å². The van der Waals surface area contributed by atoms with Gasteiger partial charge >= 0.3 is 0 Å². The van der Waals surface area contributed by atoms with Crippen LogP contribution in [0.25, 0.3) is 22.2 Å². The van der Waals surface area contributed by atoms with Crippen LogP contribution in [0.15, 0.2) is 54.6 Å². The molecule has 0 bridgehead atoms. The molecule has 0 aliphatic rings. The summed E-state index contributed by atoms with van der Waals surface area (Å²) in [4.78, 5) is 17.8. The molecule has 3 rings (SSSR count). The van der Waals surface area contributed by atoms with E-state index in [1.165, 1.54) is 44.1 Å². The second-order valence-corrected chi connectivity index (χ2v) is 8.00. The highest BCUT2D eigenvalue weighted by Gasteiger charge is 2.13. The van der Waals surface area contributed by atoms with Gasteiger partial charge in [0.2, 0.25) is 0 Å². The van der Waals surface area contributed by atoms with E-state index in [0.717, 1.165) is 41.5 Å². The number of aromatic nitrogens is 1. The van der Waals surface area contributed by atoms with Gasteiger partial charge in [-0.25, -0.2) is 4.98 Å². The summed E-state index contributed by atoms with van der Waals surface area (Å²) in [5.74, 6) is -0.00832. The maximum absolute atomic E-state index is 13.0. The van der Waals surface area contributed by atoms with Gasteiger partial charge in [0.25, 0.3) is 5.91 Å². The Morgan fingerprint density at radius 3 is 2.30 bits per heavy atom. The van der Waals surface area contributed by atoms with Gasteiger partial charge in [-0.2, -0.15) is 0 Å². The quantitative estimate of drug-likeness (QED) is 0.353. The van der Waals surface area contributed by atoms with Crippen LogP contribution in [0.3, 0.4) is 0 Å². The molecule has 158 valence electrons. The molecule has 1 N–H and O–H groups in total. The van der Waals surface area contributed by atoms with Crippen molar-refractivity contribution >= 4 is 16.8 Å². The number of fused-ring (bicyclic) bond motifs is 1. The first-order valence-corrected chi connectivity index (χ1v) is 11.5. The predicted molar refractivity (Wildman–Crippen MR) is 127 cm³/mol. The summed E-state index contributed by atoms with van der Waals surface area (Å²) in [7, 11) is 0. The zero-order valence-electron chi connectivity index (χ0n) is 18.4. The molecule has 1 aromatic heterocycles. The Balaban J connectivity index is 1.70. The maximum atomic E-state index is 13.0. The number of aryl methyl sites for hydroxylation is 1. The van der Waals surface area contributed by atoms with E-state index < -0.39 is 0 Å². The second kappa shape index (κ2) is 11.5. The fraction of sp³-hybridized carbons (Fsp3) is 0.407. The monoisotopic (exact) mass is 402 g/mol. The predicted octanol–water partition coefficient (Wildman–Crippen LogP) is 6.94. The van der Waals surface area contributed by atoms with Crippen molar-refractivity contribution in [2.75, 3.05) is 6.54 Å². The zero-order chi connectivity index (χ0) is 21.2. The summed E-state index contributed by atoms with van der Waals surface area (Å²) in [5.41, 5.74) is 4.75. The number of carbonyl (C=O) groups excluding carboxylic acids is 1. The highest BCUT2D eigenvalue weighted by atomic mass is 16.1. The molecule has 1 amide bonds. The summed E-state index contributed by atoms with van der Waals surface area (Å²) in [6, 6.07) is 18.3. The van der Waals surface area contributed by atoms with E-state index in [1.54, 1.807) is 0 Å². The number of carbonyl (C=O) groups is 1. The van der Waals surface area contributed by atoms with Gasteiger partial charge in [-0.15, -0.1) is 0 Å². The van der Waals surface area contributed by atoms with Crippen LogP contribution < -0.4 is 5.32 Å². The SMILES string of the molecule is CCCCCCCCCNC(=O)c1cc(-c2ccc(CC)cc2)nc2ccccc12. The zero-order valence-corrected chi connectivity index (χ0v) is 18.4. The van der Waals surface area contributed by atoms with Crippen molar-refractivity contribution in [3.8, 4) is 11.3 Å². The Labute approximate surface area is 180 Å². The lowest BCUT2D eigenvalue weighted by molar-refractivity contribution is 0.0954. The lowest BCUT2D eigenvalue weighted by Gasteiger charge is -2.11. The molecular weight excluding hydrogens is 368 g/mol. The second-order valence-electron chi connectivity index (χ2n) is 8.00. The van der Waals surface area contributed by atoms with Crippen LogP contribution in [-0.2, 0) is 6.42 Å². The first kappa shape index (κ1) is 22.0. The van der Waals surface area contributed by atoms with E-state index in [9.17, 15) is 4.79 Å². The molecule has 3 aromatic rings. The fourth-order valence-electron chi connectivity index (χ4n) is 3.80. The number of unbranched alkanes of at least 4 members (excludes halogenated alkanes) is 6.